The summed E-state index contributed by atoms with van der Waals surface area (Å²) in [4.78, 5) is 0. The monoisotopic (exact) mass is 272 g/mol. The van der Waals surface area contributed by atoms with Crippen molar-refractivity contribution in [2.45, 2.75) is 38.9 Å². The van der Waals surface area contributed by atoms with Crippen LogP contribution in [0.25, 0.3) is 11.0 Å². The first-order valence-corrected chi connectivity index (χ1v) is 6.91. The topological polar surface area (TPSA) is 44.2 Å². The second-order valence-corrected chi connectivity index (χ2v) is 6.32. The van der Waals surface area contributed by atoms with E-state index in [1.807, 2.05) is 39.8 Å². The summed E-state index contributed by atoms with van der Waals surface area (Å²) in [5.74, 6) is 0. The molecule has 2 radical (unpaired) electrons. The highest BCUT2D eigenvalue weighted by Crippen LogP contribution is 2.36. The summed E-state index contributed by atoms with van der Waals surface area (Å²) >= 11 is 1.15. The number of hydrogen-bond acceptors (Lipinski definition) is 5. The Labute approximate surface area is 118 Å². The third-order valence-electron chi connectivity index (χ3n) is 3.99. The Morgan fingerprint density at radius 1 is 1.05 bits per heavy atom. The molecule has 4 nitrogen and oxygen atoms in total. The zero-order chi connectivity index (χ0) is 13.8. The van der Waals surface area contributed by atoms with E-state index in [9.17, 15) is 0 Å². The fraction of sp³-hybridized carbons (Fsp3) is 0.500. The molecule has 1 aromatic carbocycles. The molecule has 1 aliphatic heterocycles. The van der Waals surface area contributed by atoms with Gasteiger partial charge in [0.2, 0.25) is 0 Å². The molecule has 0 atom stereocenters. The van der Waals surface area contributed by atoms with Crippen LogP contribution >= 0.6 is 11.7 Å². The molecule has 0 bridgehead atoms. The van der Waals surface area contributed by atoms with E-state index < -0.39 is 7.12 Å². The van der Waals surface area contributed by atoms with E-state index in [0.29, 0.717) is 5.46 Å². The van der Waals surface area contributed by atoms with E-state index in [-0.39, 0.29) is 11.2 Å². The summed E-state index contributed by atoms with van der Waals surface area (Å²) in [6, 6.07) is 3.73. The minimum absolute atomic E-state index is 0.366. The number of fused-ring (bicyclic) bond motifs is 1. The van der Waals surface area contributed by atoms with Crippen LogP contribution in [0.5, 0.6) is 0 Å². The van der Waals surface area contributed by atoms with Crippen molar-refractivity contribution in [3.8, 4) is 0 Å². The molecule has 0 amide bonds. The maximum Gasteiger partial charge on any atom is 0.497 e. The molecule has 2 heterocycles. The van der Waals surface area contributed by atoms with Crippen molar-refractivity contribution in [3.63, 3.8) is 0 Å². The maximum absolute atomic E-state index is 6.04. The maximum atomic E-state index is 6.04. The molecule has 96 valence electrons. The average molecular weight is 272 g/mol. The lowest BCUT2D eigenvalue weighted by Gasteiger charge is -2.32. The minimum Gasteiger partial charge on any atom is -0.399 e. The number of benzene rings is 1. The number of nitrogens with zero attached hydrogens (tertiary/aromatic N) is 2. The van der Waals surface area contributed by atoms with Gasteiger partial charge in [-0.25, -0.2) is 0 Å². The molecular weight excluding hydrogens is 258 g/mol. The van der Waals surface area contributed by atoms with Crippen molar-refractivity contribution in [2.24, 2.45) is 0 Å². The van der Waals surface area contributed by atoms with Gasteiger partial charge in [0, 0.05) is 5.46 Å². The van der Waals surface area contributed by atoms with Gasteiger partial charge in [-0.15, -0.1) is 0 Å². The largest absolute Gasteiger partial charge is 0.497 e. The van der Waals surface area contributed by atoms with E-state index in [4.69, 9.17) is 17.2 Å². The summed E-state index contributed by atoms with van der Waals surface area (Å²) in [5, 5.41) is 0. The van der Waals surface area contributed by atoms with Gasteiger partial charge in [-0.3, -0.25) is 0 Å². The van der Waals surface area contributed by atoms with Crippen molar-refractivity contribution in [1.82, 2.24) is 8.75 Å². The Morgan fingerprint density at radius 3 is 2.26 bits per heavy atom. The summed E-state index contributed by atoms with van der Waals surface area (Å²) < 4.78 is 20.6. The smallest absolute Gasteiger partial charge is 0.399 e. The van der Waals surface area contributed by atoms with Crippen LogP contribution in [0.4, 0.5) is 0 Å². The van der Waals surface area contributed by atoms with Gasteiger partial charge in [-0.05, 0) is 27.7 Å². The van der Waals surface area contributed by atoms with Crippen LogP contribution in [-0.4, -0.2) is 34.9 Å². The second-order valence-electron chi connectivity index (χ2n) is 5.79. The van der Waals surface area contributed by atoms with E-state index in [2.05, 4.69) is 8.75 Å². The van der Waals surface area contributed by atoms with Gasteiger partial charge in [0.1, 0.15) is 13.4 Å². The zero-order valence-electron chi connectivity index (χ0n) is 11.4. The van der Waals surface area contributed by atoms with Crippen LogP contribution in [0.15, 0.2) is 12.1 Å². The standard InChI is InChI=1S/C12H14B2N2O2S/c1-11(2)12(3,4)18-14(17-11)8-6-5-7(13)9-10(8)16-19-15-9/h5-6H,1-4H3. The first-order chi connectivity index (χ1) is 8.82. The van der Waals surface area contributed by atoms with Crippen molar-refractivity contribution in [1.29, 1.82) is 0 Å². The third-order valence-corrected chi connectivity index (χ3v) is 4.51. The third kappa shape index (κ3) is 1.91. The zero-order valence-corrected chi connectivity index (χ0v) is 12.2. The average Bonchev–Trinajstić information content (AvgIpc) is 2.84. The molecule has 0 aliphatic carbocycles. The lowest BCUT2D eigenvalue weighted by atomic mass is 9.76. The highest BCUT2D eigenvalue weighted by molar-refractivity contribution is 7.00. The summed E-state index contributed by atoms with van der Waals surface area (Å²) in [5.41, 5.74) is 2.27. The molecule has 0 spiro atoms. The molecule has 19 heavy (non-hydrogen) atoms. The Bertz CT molecular complexity index is 626. The molecule has 1 saturated heterocycles. The van der Waals surface area contributed by atoms with Crippen molar-refractivity contribution < 1.29 is 9.31 Å². The molecular formula is C12H14B2N2O2S. The second kappa shape index (κ2) is 4.04. The molecule has 1 aliphatic rings. The van der Waals surface area contributed by atoms with Crippen LogP contribution in [0.1, 0.15) is 27.7 Å². The molecule has 0 saturated carbocycles. The van der Waals surface area contributed by atoms with Gasteiger partial charge >= 0.3 is 7.12 Å². The predicted octanol–water partition coefficient (Wildman–Crippen LogP) is 0.784. The van der Waals surface area contributed by atoms with Crippen molar-refractivity contribution in [3.05, 3.63) is 12.1 Å². The summed E-state index contributed by atoms with van der Waals surface area (Å²) in [6.07, 6.45) is 0. The van der Waals surface area contributed by atoms with Gasteiger partial charge in [0.15, 0.2) is 0 Å². The lowest BCUT2D eigenvalue weighted by Crippen LogP contribution is -2.41. The van der Waals surface area contributed by atoms with Gasteiger partial charge in [0.25, 0.3) is 0 Å². The first kappa shape index (κ1) is 13.1. The van der Waals surface area contributed by atoms with E-state index in [1.54, 1.807) is 0 Å². The van der Waals surface area contributed by atoms with Crippen molar-refractivity contribution >= 4 is 48.7 Å². The van der Waals surface area contributed by atoms with Crippen LogP contribution in [0, 0.1) is 0 Å². The normalized spacial score (nSPS) is 21.2. The fourth-order valence-electron chi connectivity index (χ4n) is 2.07. The highest BCUT2D eigenvalue weighted by Gasteiger charge is 2.52. The van der Waals surface area contributed by atoms with Crippen LogP contribution in [0.3, 0.4) is 0 Å². The Hall–Kier alpha value is -0.910. The van der Waals surface area contributed by atoms with Gasteiger partial charge in [0.05, 0.1) is 28.4 Å². The molecule has 2 aromatic rings. The van der Waals surface area contributed by atoms with Crippen LogP contribution in [-0.2, 0) is 9.31 Å². The molecule has 3 rings (SSSR count). The molecule has 0 N–H and O–H groups in total. The summed E-state index contributed by atoms with van der Waals surface area (Å²) in [7, 11) is 5.46. The SMILES string of the molecule is [B]c1ccc(B2OC(C)(C)C(C)(C)O2)c2nsnc12. The molecule has 7 heteroatoms. The van der Waals surface area contributed by atoms with E-state index in [1.165, 1.54) is 0 Å². The van der Waals surface area contributed by atoms with E-state index in [0.717, 1.165) is 28.2 Å². The van der Waals surface area contributed by atoms with Crippen molar-refractivity contribution in [2.75, 3.05) is 0 Å². The van der Waals surface area contributed by atoms with Gasteiger partial charge < -0.3 is 9.31 Å². The predicted molar refractivity (Wildman–Crippen MR) is 78.5 cm³/mol. The molecule has 1 fully saturated rings. The molecule has 0 unspecified atom stereocenters. The van der Waals surface area contributed by atoms with Gasteiger partial charge in [-0.1, -0.05) is 17.6 Å². The van der Waals surface area contributed by atoms with Gasteiger partial charge in [-0.2, -0.15) is 8.75 Å². The lowest BCUT2D eigenvalue weighted by molar-refractivity contribution is 0.00578. The summed E-state index contributed by atoms with van der Waals surface area (Å²) in [6.45, 7) is 8.11. The number of hydrogen-bond donors (Lipinski definition) is 0. The van der Waals surface area contributed by atoms with Crippen LogP contribution < -0.4 is 10.9 Å². The molecule has 1 aromatic heterocycles. The number of aromatic nitrogens is 2. The fourth-order valence-corrected chi connectivity index (χ4v) is 2.65. The van der Waals surface area contributed by atoms with Crippen LogP contribution in [0.2, 0.25) is 0 Å². The first-order valence-electron chi connectivity index (χ1n) is 6.18. The Kier molecular flexibility index (Phi) is 2.78. The van der Waals surface area contributed by atoms with E-state index >= 15 is 0 Å². The Balaban J connectivity index is 2.08. The number of rotatable bonds is 1. The quantitative estimate of drug-likeness (QED) is 0.720. The minimum atomic E-state index is -0.433. The highest BCUT2D eigenvalue weighted by atomic mass is 32.1. The Morgan fingerprint density at radius 2 is 1.63 bits per heavy atom.